The molecule has 0 amide bonds. The van der Waals surface area contributed by atoms with E-state index in [1.807, 2.05) is 7.11 Å². The van der Waals surface area contributed by atoms with Gasteiger partial charge in [0.2, 0.25) is 0 Å². The van der Waals surface area contributed by atoms with Crippen LogP contribution < -0.4 is 0 Å². The molecule has 1 heterocycles. The van der Waals surface area contributed by atoms with E-state index in [1.165, 1.54) is 31.5 Å². The van der Waals surface area contributed by atoms with E-state index in [1.54, 1.807) is 5.57 Å². The van der Waals surface area contributed by atoms with Crippen LogP contribution in [0.1, 0.15) is 19.3 Å². The van der Waals surface area contributed by atoms with Crippen molar-refractivity contribution in [3.05, 3.63) is 35.5 Å². The van der Waals surface area contributed by atoms with Crippen LogP contribution in [0.25, 0.3) is 0 Å². The highest BCUT2D eigenvalue weighted by atomic mass is 16.5. The molecule has 3 unspecified atom stereocenters. The summed E-state index contributed by atoms with van der Waals surface area (Å²) in [6.45, 7) is 2.47. The van der Waals surface area contributed by atoms with Crippen LogP contribution in [0.3, 0.4) is 0 Å². The molecule has 0 saturated carbocycles. The Morgan fingerprint density at radius 2 is 2.17 bits per heavy atom. The Balaban J connectivity index is 1.74. The number of nitrogens with zero attached hydrogens (tertiary/aromatic N) is 1. The lowest BCUT2D eigenvalue weighted by Gasteiger charge is -2.29. The summed E-state index contributed by atoms with van der Waals surface area (Å²) in [4.78, 5) is 2.44. The molecule has 0 spiro atoms. The van der Waals surface area contributed by atoms with E-state index >= 15 is 0 Å². The van der Waals surface area contributed by atoms with E-state index in [0.29, 0.717) is 12.0 Å². The number of methoxy groups -OCH3 is 1. The summed E-state index contributed by atoms with van der Waals surface area (Å²) in [5, 5.41) is 0. The molecule has 0 bridgehead atoms. The summed E-state index contributed by atoms with van der Waals surface area (Å²) >= 11 is 0. The fourth-order valence-electron chi connectivity index (χ4n) is 3.44. The first-order chi connectivity index (χ1) is 8.76. The zero-order valence-electron chi connectivity index (χ0n) is 11.4. The molecule has 0 N–H and O–H groups in total. The van der Waals surface area contributed by atoms with Gasteiger partial charge in [0.05, 0.1) is 6.10 Å². The lowest BCUT2D eigenvalue weighted by Crippen LogP contribution is -2.22. The summed E-state index contributed by atoms with van der Waals surface area (Å²) in [5.74, 6) is 1.44. The third-order valence-electron chi connectivity index (χ3n) is 4.63. The smallest absolute Gasteiger partial charge is 0.0761 e. The lowest BCUT2D eigenvalue weighted by atomic mass is 9.78. The van der Waals surface area contributed by atoms with E-state index in [-0.39, 0.29) is 0 Å². The van der Waals surface area contributed by atoms with Gasteiger partial charge in [0.15, 0.2) is 0 Å². The Bertz CT molecular complexity index is 407. The Labute approximate surface area is 110 Å². The number of fused-ring (bicyclic) bond motifs is 1. The number of likely N-dealkylation sites (tertiary alicyclic amines) is 1. The van der Waals surface area contributed by atoms with Crippen LogP contribution in [-0.2, 0) is 4.74 Å². The zero-order chi connectivity index (χ0) is 12.5. The standard InChI is InChI=1S/C16H23NO/c1-17-8-7-15(11-17)13-3-4-14-10-16(18-2)6-5-12(14)9-13/h3,5-6,9,14-16H,4,7-8,10-11H2,1-2H3. The topological polar surface area (TPSA) is 12.5 Å². The molecule has 3 rings (SSSR count). The number of rotatable bonds is 2. The molecule has 0 aromatic heterocycles. The molecule has 1 aliphatic heterocycles. The zero-order valence-corrected chi connectivity index (χ0v) is 11.4. The van der Waals surface area contributed by atoms with Gasteiger partial charge < -0.3 is 9.64 Å². The summed E-state index contributed by atoms with van der Waals surface area (Å²) < 4.78 is 5.44. The summed E-state index contributed by atoms with van der Waals surface area (Å²) in [6.07, 6.45) is 13.4. The summed E-state index contributed by atoms with van der Waals surface area (Å²) in [6, 6.07) is 0. The quantitative estimate of drug-likeness (QED) is 0.742. The molecule has 0 aromatic rings. The predicted molar refractivity (Wildman–Crippen MR) is 74.4 cm³/mol. The molecule has 0 radical (unpaired) electrons. The van der Waals surface area contributed by atoms with Gasteiger partial charge in [0.25, 0.3) is 0 Å². The largest absolute Gasteiger partial charge is 0.377 e. The monoisotopic (exact) mass is 245 g/mol. The van der Waals surface area contributed by atoms with Gasteiger partial charge in [-0.05, 0) is 55.8 Å². The highest BCUT2D eigenvalue weighted by Gasteiger charge is 2.27. The maximum atomic E-state index is 5.44. The first-order valence-electron chi connectivity index (χ1n) is 7.07. The van der Waals surface area contributed by atoms with Gasteiger partial charge in [0, 0.05) is 13.7 Å². The second-order valence-electron chi connectivity index (χ2n) is 5.90. The van der Waals surface area contributed by atoms with Gasteiger partial charge in [-0.3, -0.25) is 0 Å². The van der Waals surface area contributed by atoms with Crippen LogP contribution in [-0.4, -0.2) is 38.3 Å². The minimum absolute atomic E-state index is 0.319. The van der Waals surface area contributed by atoms with Gasteiger partial charge in [-0.1, -0.05) is 24.3 Å². The SMILES string of the molecule is COC1C=CC2=CC(C3CCN(C)C3)=CCC2C1. The van der Waals surface area contributed by atoms with E-state index in [9.17, 15) is 0 Å². The van der Waals surface area contributed by atoms with Crippen molar-refractivity contribution >= 4 is 0 Å². The van der Waals surface area contributed by atoms with Crippen molar-refractivity contribution < 1.29 is 4.74 Å². The molecule has 3 aliphatic rings. The molecule has 2 nitrogen and oxygen atoms in total. The Morgan fingerprint density at radius 3 is 2.89 bits per heavy atom. The van der Waals surface area contributed by atoms with Crippen molar-refractivity contribution in [1.82, 2.24) is 4.90 Å². The fourth-order valence-corrected chi connectivity index (χ4v) is 3.44. The minimum Gasteiger partial charge on any atom is -0.377 e. The van der Waals surface area contributed by atoms with Crippen molar-refractivity contribution in [2.45, 2.75) is 25.4 Å². The van der Waals surface area contributed by atoms with Crippen LogP contribution in [0.15, 0.2) is 35.5 Å². The van der Waals surface area contributed by atoms with Gasteiger partial charge in [-0.2, -0.15) is 0 Å². The molecular formula is C16H23NO. The highest BCUT2D eigenvalue weighted by Crippen LogP contribution is 2.36. The number of hydrogen-bond acceptors (Lipinski definition) is 2. The van der Waals surface area contributed by atoms with E-state index < -0.39 is 0 Å². The molecule has 1 fully saturated rings. The highest BCUT2D eigenvalue weighted by molar-refractivity contribution is 5.39. The number of ether oxygens (including phenoxy) is 1. The van der Waals surface area contributed by atoms with E-state index in [4.69, 9.17) is 4.74 Å². The minimum atomic E-state index is 0.319. The maximum absolute atomic E-state index is 5.44. The number of allylic oxidation sites excluding steroid dienone is 4. The average molecular weight is 245 g/mol. The Morgan fingerprint density at radius 1 is 1.28 bits per heavy atom. The molecule has 18 heavy (non-hydrogen) atoms. The van der Waals surface area contributed by atoms with Crippen molar-refractivity contribution in [1.29, 1.82) is 0 Å². The first-order valence-corrected chi connectivity index (χ1v) is 7.07. The van der Waals surface area contributed by atoms with Gasteiger partial charge >= 0.3 is 0 Å². The predicted octanol–water partition coefficient (Wildman–Crippen LogP) is 2.79. The molecule has 98 valence electrons. The summed E-state index contributed by atoms with van der Waals surface area (Å²) in [5.41, 5.74) is 3.10. The van der Waals surface area contributed by atoms with E-state index in [0.717, 1.165) is 12.3 Å². The first kappa shape index (κ1) is 12.2. The van der Waals surface area contributed by atoms with Crippen LogP contribution in [0.5, 0.6) is 0 Å². The molecule has 0 aromatic carbocycles. The fraction of sp³-hybridized carbons (Fsp3) is 0.625. The second kappa shape index (κ2) is 5.02. The lowest BCUT2D eigenvalue weighted by molar-refractivity contribution is 0.119. The van der Waals surface area contributed by atoms with Crippen LogP contribution in [0.2, 0.25) is 0 Å². The van der Waals surface area contributed by atoms with Crippen LogP contribution >= 0.6 is 0 Å². The molecular weight excluding hydrogens is 222 g/mol. The second-order valence-corrected chi connectivity index (χ2v) is 5.90. The van der Waals surface area contributed by atoms with Crippen LogP contribution in [0.4, 0.5) is 0 Å². The average Bonchev–Trinajstić information content (AvgIpc) is 2.84. The third kappa shape index (κ3) is 2.32. The number of hydrogen-bond donors (Lipinski definition) is 0. The normalized spacial score (nSPS) is 36.2. The molecule has 1 saturated heterocycles. The Kier molecular flexibility index (Phi) is 3.40. The van der Waals surface area contributed by atoms with Crippen molar-refractivity contribution in [3.63, 3.8) is 0 Å². The van der Waals surface area contributed by atoms with E-state index in [2.05, 4.69) is 36.3 Å². The van der Waals surface area contributed by atoms with Crippen molar-refractivity contribution in [2.75, 3.05) is 27.2 Å². The molecule has 2 aliphatic carbocycles. The van der Waals surface area contributed by atoms with Gasteiger partial charge in [0.1, 0.15) is 0 Å². The summed E-state index contributed by atoms with van der Waals surface area (Å²) in [7, 11) is 4.03. The molecule has 3 atom stereocenters. The van der Waals surface area contributed by atoms with Crippen molar-refractivity contribution in [2.24, 2.45) is 11.8 Å². The van der Waals surface area contributed by atoms with Crippen molar-refractivity contribution in [3.8, 4) is 0 Å². The van der Waals surface area contributed by atoms with Gasteiger partial charge in [-0.25, -0.2) is 0 Å². The maximum Gasteiger partial charge on any atom is 0.0761 e. The van der Waals surface area contributed by atoms with Gasteiger partial charge in [-0.15, -0.1) is 0 Å². The third-order valence-corrected chi connectivity index (χ3v) is 4.63. The molecule has 2 heteroatoms. The Hall–Kier alpha value is -0.860. The van der Waals surface area contributed by atoms with Crippen LogP contribution in [0, 0.1) is 11.8 Å².